The van der Waals surface area contributed by atoms with Crippen molar-refractivity contribution in [1.82, 2.24) is 15.2 Å². The predicted octanol–water partition coefficient (Wildman–Crippen LogP) is 3.05. The van der Waals surface area contributed by atoms with E-state index in [-0.39, 0.29) is 0 Å². The lowest BCUT2D eigenvalue weighted by Gasteiger charge is -2.11. The third-order valence-electron chi connectivity index (χ3n) is 3.42. The number of benzene rings is 2. The summed E-state index contributed by atoms with van der Waals surface area (Å²) in [4.78, 5) is 6.46. The normalized spacial score (nSPS) is 10.8. The van der Waals surface area contributed by atoms with Crippen LogP contribution in [0.3, 0.4) is 0 Å². The molecule has 0 atom stereocenters. The highest BCUT2D eigenvalue weighted by atomic mass is 15.4. The fourth-order valence-corrected chi connectivity index (χ4v) is 2.12. The summed E-state index contributed by atoms with van der Waals surface area (Å²) >= 11 is 0. The maximum Gasteiger partial charge on any atom is 0.263 e. The van der Waals surface area contributed by atoms with Crippen LogP contribution in [0.2, 0.25) is 0 Å². The van der Waals surface area contributed by atoms with Crippen molar-refractivity contribution in [2.24, 2.45) is 5.10 Å². The fraction of sp³-hybridized carbons (Fsp3) is 0.111. The minimum atomic E-state index is 0.359. The third kappa shape index (κ3) is 3.92. The Labute approximate surface area is 140 Å². The van der Waals surface area contributed by atoms with E-state index in [1.807, 2.05) is 73.6 Å². The molecule has 0 aliphatic rings. The molecule has 1 aromatic heterocycles. The van der Waals surface area contributed by atoms with Crippen molar-refractivity contribution in [3.05, 3.63) is 66.4 Å². The van der Waals surface area contributed by atoms with Crippen molar-refractivity contribution in [2.75, 3.05) is 24.4 Å². The Morgan fingerprint density at radius 3 is 2.46 bits per heavy atom. The van der Waals surface area contributed by atoms with E-state index in [1.54, 1.807) is 12.4 Å². The molecule has 120 valence electrons. The second-order valence-electron chi connectivity index (χ2n) is 5.39. The molecule has 0 saturated carbocycles. The van der Waals surface area contributed by atoms with Crippen molar-refractivity contribution in [2.45, 2.75) is 0 Å². The van der Waals surface area contributed by atoms with E-state index >= 15 is 0 Å². The topological polar surface area (TPSA) is 66.3 Å². The molecular weight excluding hydrogens is 300 g/mol. The van der Waals surface area contributed by atoms with Gasteiger partial charge in [0.2, 0.25) is 0 Å². The van der Waals surface area contributed by atoms with Crippen LogP contribution in [-0.4, -0.2) is 35.5 Å². The highest BCUT2D eigenvalue weighted by molar-refractivity contribution is 5.80. The summed E-state index contributed by atoms with van der Waals surface area (Å²) in [6.07, 6.45) is 3.35. The predicted molar refractivity (Wildman–Crippen MR) is 97.2 cm³/mol. The van der Waals surface area contributed by atoms with Crippen molar-refractivity contribution in [3.63, 3.8) is 0 Å². The second-order valence-corrected chi connectivity index (χ2v) is 5.39. The second kappa shape index (κ2) is 7.32. The van der Waals surface area contributed by atoms with Gasteiger partial charge in [0.05, 0.1) is 18.1 Å². The highest BCUT2D eigenvalue weighted by Gasteiger charge is 2.01. The van der Waals surface area contributed by atoms with Crippen LogP contribution in [0.25, 0.3) is 11.3 Å². The molecule has 0 bridgehead atoms. The molecule has 0 aliphatic heterocycles. The van der Waals surface area contributed by atoms with Gasteiger partial charge in [-0.1, -0.05) is 42.5 Å². The Morgan fingerprint density at radius 1 is 1.00 bits per heavy atom. The Balaban J connectivity index is 1.68. The molecule has 6 heteroatoms. The van der Waals surface area contributed by atoms with Gasteiger partial charge < -0.3 is 4.90 Å². The van der Waals surface area contributed by atoms with Crippen LogP contribution >= 0.6 is 0 Å². The zero-order valence-electron chi connectivity index (χ0n) is 13.6. The van der Waals surface area contributed by atoms with Crippen LogP contribution in [0.1, 0.15) is 5.56 Å². The van der Waals surface area contributed by atoms with Crippen molar-refractivity contribution < 1.29 is 0 Å². The molecule has 0 amide bonds. The number of aromatic nitrogens is 3. The van der Waals surface area contributed by atoms with E-state index < -0.39 is 0 Å². The number of anilines is 2. The molecule has 1 heterocycles. The van der Waals surface area contributed by atoms with E-state index in [2.05, 4.69) is 25.7 Å². The monoisotopic (exact) mass is 318 g/mol. The SMILES string of the molecule is CN(C)c1ccc(/C=N\Nc2nncc(-c3ccccc3)n2)cc1. The number of hydrazone groups is 1. The lowest BCUT2D eigenvalue weighted by atomic mass is 10.2. The lowest BCUT2D eigenvalue weighted by molar-refractivity contribution is 0.967. The molecule has 3 rings (SSSR count). The fourth-order valence-electron chi connectivity index (χ4n) is 2.12. The molecule has 2 aromatic carbocycles. The first kappa shape index (κ1) is 15.6. The van der Waals surface area contributed by atoms with Crippen LogP contribution in [0, 0.1) is 0 Å². The van der Waals surface area contributed by atoms with Gasteiger partial charge in [-0.2, -0.15) is 10.2 Å². The van der Waals surface area contributed by atoms with Gasteiger partial charge in [0.25, 0.3) is 5.95 Å². The summed E-state index contributed by atoms with van der Waals surface area (Å²) < 4.78 is 0. The van der Waals surface area contributed by atoms with Gasteiger partial charge in [0.15, 0.2) is 0 Å². The minimum absolute atomic E-state index is 0.359. The lowest BCUT2D eigenvalue weighted by Crippen LogP contribution is -2.08. The number of nitrogens with zero attached hydrogens (tertiary/aromatic N) is 5. The zero-order chi connectivity index (χ0) is 16.8. The Kier molecular flexibility index (Phi) is 4.76. The van der Waals surface area contributed by atoms with Gasteiger partial charge in [0, 0.05) is 25.3 Å². The summed E-state index contributed by atoms with van der Waals surface area (Å²) in [5.74, 6) is 0.359. The van der Waals surface area contributed by atoms with Crippen LogP contribution in [0.4, 0.5) is 11.6 Å². The number of nitrogens with one attached hydrogen (secondary N) is 1. The molecule has 24 heavy (non-hydrogen) atoms. The number of hydrogen-bond acceptors (Lipinski definition) is 6. The highest BCUT2D eigenvalue weighted by Crippen LogP contribution is 2.15. The van der Waals surface area contributed by atoms with E-state index in [9.17, 15) is 0 Å². The minimum Gasteiger partial charge on any atom is -0.378 e. The van der Waals surface area contributed by atoms with Gasteiger partial charge >= 0.3 is 0 Å². The van der Waals surface area contributed by atoms with Gasteiger partial charge in [0.1, 0.15) is 0 Å². The number of hydrogen-bond donors (Lipinski definition) is 1. The molecule has 1 N–H and O–H groups in total. The van der Waals surface area contributed by atoms with Crippen LogP contribution in [-0.2, 0) is 0 Å². The van der Waals surface area contributed by atoms with E-state index in [4.69, 9.17) is 0 Å². The smallest absolute Gasteiger partial charge is 0.263 e. The first-order valence-electron chi connectivity index (χ1n) is 7.54. The average Bonchev–Trinajstić information content (AvgIpc) is 2.63. The molecular formula is C18H18N6. The summed E-state index contributed by atoms with van der Waals surface area (Å²) in [6.45, 7) is 0. The Bertz CT molecular complexity index is 812. The zero-order valence-corrected chi connectivity index (χ0v) is 13.6. The van der Waals surface area contributed by atoms with Crippen LogP contribution in [0.15, 0.2) is 65.9 Å². The molecule has 0 spiro atoms. The first-order valence-corrected chi connectivity index (χ1v) is 7.54. The van der Waals surface area contributed by atoms with Gasteiger partial charge in [-0.05, 0) is 17.7 Å². The maximum absolute atomic E-state index is 4.41. The average molecular weight is 318 g/mol. The summed E-state index contributed by atoms with van der Waals surface area (Å²) in [6, 6.07) is 17.9. The first-order chi connectivity index (χ1) is 11.7. The Hall–Kier alpha value is -3.28. The van der Waals surface area contributed by atoms with E-state index in [0.717, 1.165) is 22.5 Å². The van der Waals surface area contributed by atoms with Crippen molar-refractivity contribution in [1.29, 1.82) is 0 Å². The van der Waals surface area contributed by atoms with Crippen LogP contribution in [0.5, 0.6) is 0 Å². The maximum atomic E-state index is 4.41. The molecule has 0 unspecified atom stereocenters. The van der Waals surface area contributed by atoms with Gasteiger partial charge in [-0.3, -0.25) is 0 Å². The molecule has 6 nitrogen and oxygen atoms in total. The molecule has 0 fully saturated rings. The van der Waals surface area contributed by atoms with Gasteiger partial charge in [-0.15, -0.1) is 5.10 Å². The molecule has 0 saturated heterocycles. The van der Waals surface area contributed by atoms with E-state index in [0.29, 0.717) is 5.95 Å². The summed E-state index contributed by atoms with van der Waals surface area (Å²) in [5.41, 5.74) is 6.68. The quantitative estimate of drug-likeness (QED) is 0.578. The molecule has 0 radical (unpaired) electrons. The molecule has 0 aliphatic carbocycles. The summed E-state index contributed by atoms with van der Waals surface area (Å²) in [5, 5.41) is 12.1. The van der Waals surface area contributed by atoms with Crippen LogP contribution < -0.4 is 10.3 Å². The van der Waals surface area contributed by atoms with E-state index in [1.165, 1.54) is 0 Å². The summed E-state index contributed by atoms with van der Waals surface area (Å²) in [7, 11) is 4.02. The largest absolute Gasteiger partial charge is 0.378 e. The van der Waals surface area contributed by atoms with Crippen molar-refractivity contribution in [3.8, 4) is 11.3 Å². The third-order valence-corrected chi connectivity index (χ3v) is 3.42. The molecule has 3 aromatic rings. The van der Waals surface area contributed by atoms with Gasteiger partial charge in [-0.25, -0.2) is 10.4 Å². The Morgan fingerprint density at radius 2 is 1.75 bits per heavy atom. The van der Waals surface area contributed by atoms with Crippen molar-refractivity contribution >= 4 is 17.9 Å². The number of rotatable bonds is 5. The standard InChI is InChI=1S/C18H18N6/c1-24(2)16-10-8-14(9-11-16)12-19-22-18-21-17(13-20-23-18)15-6-4-3-5-7-15/h3-13H,1-2H3,(H,21,22,23)/b19-12-.